The van der Waals surface area contributed by atoms with E-state index in [9.17, 15) is 8.42 Å². The van der Waals surface area contributed by atoms with E-state index in [-0.39, 0.29) is 6.04 Å². The standard InChI is InChI=1S/C9H13ClN2O2S/c1-7(12-15(11,13)14)5-8-3-2-4-9(10)6-8/h2-4,6-7,12H,5H2,1H3,(H2,11,13,14). The monoisotopic (exact) mass is 248 g/mol. The van der Waals surface area contributed by atoms with Crippen molar-refractivity contribution in [2.75, 3.05) is 0 Å². The molecule has 1 rings (SSSR count). The lowest BCUT2D eigenvalue weighted by Gasteiger charge is -2.11. The second kappa shape index (κ2) is 4.94. The Morgan fingerprint density at radius 2 is 2.20 bits per heavy atom. The Kier molecular flexibility index (Phi) is 4.10. The van der Waals surface area contributed by atoms with Gasteiger partial charge in [0.1, 0.15) is 0 Å². The summed E-state index contributed by atoms with van der Waals surface area (Å²) >= 11 is 5.80. The molecule has 0 saturated carbocycles. The van der Waals surface area contributed by atoms with Crippen molar-refractivity contribution in [3.63, 3.8) is 0 Å². The SMILES string of the molecule is CC(Cc1cccc(Cl)c1)NS(N)(=O)=O. The van der Waals surface area contributed by atoms with Crippen LogP contribution in [-0.4, -0.2) is 14.5 Å². The summed E-state index contributed by atoms with van der Waals surface area (Å²) in [7, 11) is -3.64. The minimum Gasteiger partial charge on any atom is -0.216 e. The zero-order chi connectivity index (χ0) is 11.5. The van der Waals surface area contributed by atoms with Crippen molar-refractivity contribution in [3.8, 4) is 0 Å². The molecule has 1 unspecified atom stereocenters. The van der Waals surface area contributed by atoms with Gasteiger partial charge in [0, 0.05) is 11.1 Å². The van der Waals surface area contributed by atoms with E-state index in [4.69, 9.17) is 16.7 Å². The van der Waals surface area contributed by atoms with Crippen LogP contribution in [0.2, 0.25) is 5.02 Å². The summed E-state index contributed by atoms with van der Waals surface area (Å²) in [6, 6.07) is 7.01. The molecule has 0 aliphatic carbocycles. The van der Waals surface area contributed by atoms with E-state index in [2.05, 4.69) is 4.72 Å². The molecule has 6 heteroatoms. The first-order valence-corrected chi connectivity index (χ1v) is 6.34. The van der Waals surface area contributed by atoms with Crippen LogP contribution in [0.3, 0.4) is 0 Å². The van der Waals surface area contributed by atoms with Gasteiger partial charge in [0.15, 0.2) is 0 Å². The third-order valence-corrected chi connectivity index (χ3v) is 2.76. The predicted molar refractivity (Wildman–Crippen MR) is 60.9 cm³/mol. The molecule has 15 heavy (non-hydrogen) atoms. The second-order valence-corrected chi connectivity index (χ2v) is 5.16. The van der Waals surface area contributed by atoms with E-state index in [0.717, 1.165) is 5.56 Å². The lowest BCUT2D eigenvalue weighted by atomic mass is 10.1. The average Bonchev–Trinajstić information content (AvgIpc) is 1.99. The fourth-order valence-corrected chi connectivity index (χ4v) is 2.20. The van der Waals surface area contributed by atoms with Gasteiger partial charge in [-0.2, -0.15) is 13.1 Å². The molecule has 1 aromatic carbocycles. The number of nitrogens with two attached hydrogens (primary N) is 1. The van der Waals surface area contributed by atoms with Crippen LogP contribution >= 0.6 is 11.6 Å². The minimum absolute atomic E-state index is 0.251. The number of hydrogen-bond acceptors (Lipinski definition) is 2. The molecular formula is C9H13ClN2O2S. The van der Waals surface area contributed by atoms with Gasteiger partial charge in [0.05, 0.1) is 0 Å². The second-order valence-electron chi connectivity index (χ2n) is 3.40. The summed E-state index contributed by atoms with van der Waals surface area (Å²) in [6.45, 7) is 1.74. The Balaban J connectivity index is 2.63. The van der Waals surface area contributed by atoms with Crippen molar-refractivity contribution in [2.45, 2.75) is 19.4 Å². The third kappa shape index (κ3) is 5.13. The van der Waals surface area contributed by atoms with Crippen LogP contribution in [-0.2, 0) is 16.6 Å². The summed E-state index contributed by atoms with van der Waals surface area (Å²) in [5.41, 5.74) is 0.964. The maximum Gasteiger partial charge on any atom is 0.274 e. The fourth-order valence-electron chi connectivity index (χ4n) is 1.34. The fraction of sp³-hybridized carbons (Fsp3) is 0.333. The van der Waals surface area contributed by atoms with E-state index in [0.29, 0.717) is 11.4 Å². The number of benzene rings is 1. The minimum atomic E-state index is -3.64. The summed E-state index contributed by atoms with van der Waals surface area (Å²) in [4.78, 5) is 0. The highest BCUT2D eigenvalue weighted by atomic mass is 35.5. The third-order valence-electron chi connectivity index (χ3n) is 1.80. The van der Waals surface area contributed by atoms with Gasteiger partial charge in [0.25, 0.3) is 10.2 Å². The van der Waals surface area contributed by atoms with Gasteiger partial charge in [0.2, 0.25) is 0 Å². The first-order valence-electron chi connectivity index (χ1n) is 4.41. The van der Waals surface area contributed by atoms with E-state index >= 15 is 0 Å². The molecule has 0 aromatic heterocycles. The lowest BCUT2D eigenvalue weighted by Crippen LogP contribution is -2.38. The Hall–Kier alpha value is -0.620. The maximum atomic E-state index is 10.7. The van der Waals surface area contributed by atoms with E-state index in [1.54, 1.807) is 19.1 Å². The Morgan fingerprint density at radius 3 is 2.73 bits per heavy atom. The first kappa shape index (κ1) is 12.4. The first-order chi connectivity index (χ1) is 6.87. The van der Waals surface area contributed by atoms with Gasteiger partial charge in [-0.25, -0.2) is 5.14 Å². The van der Waals surface area contributed by atoms with Crippen LogP contribution in [0.15, 0.2) is 24.3 Å². The molecule has 0 spiro atoms. The highest BCUT2D eigenvalue weighted by Gasteiger charge is 2.09. The van der Waals surface area contributed by atoms with Crippen LogP contribution in [0.5, 0.6) is 0 Å². The summed E-state index contributed by atoms with van der Waals surface area (Å²) in [5.74, 6) is 0. The zero-order valence-electron chi connectivity index (χ0n) is 8.27. The molecule has 0 amide bonds. The van der Waals surface area contributed by atoms with Gasteiger partial charge in [-0.1, -0.05) is 23.7 Å². The van der Waals surface area contributed by atoms with Crippen LogP contribution in [0.25, 0.3) is 0 Å². The van der Waals surface area contributed by atoms with Crippen molar-refractivity contribution < 1.29 is 8.42 Å². The summed E-state index contributed by atoms with van der Waals surface area (Å²) < 4.78 is 23.8. The smallest absolute Gasteiger partial charge is 0.216 e. The number of hydrogen-bond donors (Lipinski definition) is 2. The van der Waals surface area contributed by atoms with E-state index in [1.807, 2.05) is 12.1 Å². The Morgan fingerprint density at radius 1 is 1.53 bits per heavy atom. The Labute approximate surface area is 94.6 Å². The molecule has 84 valence electrons. The topological polar surface area (TPSA) is 72.2 Å². The molecule has 0 saturated heterocycles. The summed E-state index contributed by atoms with van der Waals surface area (Å²) in [6.07, 6.45) is 0.553. The quantitative estimate of drug-likeness (QED) is 0.837. The largest absolute Gasteiger partial charge is 0.274 e. The molecule has 1 atom stereocenters. The van der Waals surface area contributed by atoms with Crippen molar-refractivity contribution >= 4 is 21.8 Å². The van der Waals surface area contributed by atoms with Gasteiger partial charge < -0.3 is 0 Å². The van der Waals surface area contributed by atoms with Crippen molar-refractivity contribution in [1.29, 1.82) is 0 Å². The Bertz CT molecular complexity index is 433. The van der Waals surface area contributed by atoms with E-state index in [1.165, 1.54) is 0 Å². The normalized spacial score (nSPS) is 13.8. The lowest BCUT2D eigenvalue weighted by molar-refractivity contribution is 0.561. The van der Waals surface area contributed by atoms with Crippen LogP contribution in [0.4, 0.5) is 0 Å². The van der Waals surface area contributed by atoms with Gasteiger partial charge >= 0.3 is 0 Å². The van der Waals surface area contributed by atoms with Crippen LogP contribution < -0.4 is 9.86 Å². The molecular weight excluding hydrogens is 236 g/mol. The molecule has 4 nitrogen and oxygen atoms in total. The molecule has 0 fully saturated rings. The van der Waals surface area contributed by atoms with Gasteiger partial charge in [-0.05, 0) is 31.0 Å². The number of nitrogens with one attached hydrogen (secondary N) is 1. The molecule has 0 bridgehead atoms. The molecule has 0 aliphatic heterocycles. The van der Waals surface area contributed by atoms with E-state index < -0.39 is 10.2 Å². The van der Waals surface area contributed by atoms with Gasteiger partial charge in [-0.15, -0.1) is 0 Å². The number of rotatable bonds is 4. The molecule has 0 aliphatic rings. The van der Waals surface area contributed by atoms with Gasteiger partial charge in [-0.3, -0.25) is 0 Å². The molecule has 0 heterocycles. The maximum absolute atomic E-state index is 10.7. The predicted octanol–water partition coefficient (Wildman–Crippen LogP) is 1.06. The van der Waals surface area contributed by atoms with Crippen molar-refractivity contribution in [1.82, 2.24) is 4.72 Å². The highest BCUT2D eigenvalue weighted by Crippen LogP contribution is 2.12. The zero-order valence-corrected chi connectivity index (χ0v) is 9.85. The van der Waals surface area contributed by atoms with Crippen molar-refractivity contribution in [3.05, 3.63) is 34.9 Å². The molecule has 1 aromatic rings. The van der Waals surface area contributed by atoms with Crippen LogP contribution in [0.1, 0.15) is 12.5 Å². The average molecular weight is 249 g/mol. The molecule has 3 N–H and O–H groups in total. The van der Waals surface area contributed by atoms with Crippen LogP contribution in [0, 0.1) is 0 Å². The molecule has 0 radical (unpaired) electrons. The highest BCUT2D eigenvalue weighted by molar-refractivity contribution is 7.87. The summed E-state index contributed by atoms with van der Waals surface area (Å²) in [5, 5.41) is 5.49. The number of halogens is 1. The van der Waals surface area contributed by atoms with Crippen molar-refractivity contribution in [2.24, 2.45) is 5.14 Å².